The zero-order valence-electron chi connectivity index (χ0n) is 11.6. The Morgan fingerprint density at radius 2 is 2.10 bits per heavy atom. The van der Waals surface area contributed by atoms with Crippen molar-refractivity contribution in [2.24, 2.45) is 5.84 Å². The van der Waals surface area contributed by atoms with Crippen molar-refractivity contribution in [1.82, 2.24) is 4.98 Å². The molecule has 20 heavy (non-hydrogen) atoms. The van der Waals surface area contributed by atoms with Gasteiger partial charge in [0.25, 0.3) is 0 Å². The number of benzene rings is 1. The summed E-state index contributed by atoms with van der Waals surface area (Å²) in [6, 6.07) is 11.7. The van der Waals surface area contributed by atoms with Crippen LogP contribution in [0.3, 0.4) is 0 Å². The van der Waals surface area contributed by atoms with Gasteiger partial charge in [-0.2, -0.15) is 0 Å². The third-order valence-electron chi connectivity index (χ3n) is 2.92. The normalized spacial score (nSPS) is 10.7. The number of pyridine rings is 1. The highest BCUT2D eigenvalue weighted by Gasteiger charge is 2.09. The molecule has 1 heterocycles. The predicted molar refractivity (Wildman–Crippen MR) is 84.6 cm³/mol. The number of nitrogens with one attached hydrogen (secondary N) is 1. The maximum atomic E-state index is 5.89. The summed E-state index contributed by atoms with van der Waals surface area (Å²) in [4.78, 5) is 4.33. The van der Waals surface area contributed by atoms with Crippen molar-refractivity contribution < 1.29 is 4.74 Å². The number of hydrazine groups is 1. The topological polar surface area (TPSA) is 60.2 Å². The van der Waals surface area contributed by atoms with E-state index in [9.17, 15) is 0 Å². The fraction of sp³-hybridized carbons (Fsp3) is 0.267. The van der Waals surface area contributed by atoms with E-state index in [1.807, 2.05) is 30.3 Å². The highest BCUT2D eigenvalue weighted by atomic mass is 79.9. The molecule has 0 bridgehead atoms. The lowest BCUT2D eigenvalue weighted by Gasteiger charge is -2.14. The number of ether oxygens (including phenoxy) is 1. The SMILES string of the molecule is CC(C)c1cc(Br)ccc1OCc1cccc(NN)n1. The number of nitrogens with zero attached hydrogens (tertiary/aromatic N) is 1. The first-order valence-corrected chi connectivity index (χ1v) is 7.24. The summed E-state index contributed by atoms with van der Waals surface area (Å²) in [6.07, 6.45) is 0. The van der Waals surface area contributed by atoms with E-state index in [1.165, 1.54) is 5.56 Å². The fourth-order valence-electron chi connectivity index (χ4n) is 1.89. The number of halogens is 1. The van der Waals surface area contributed by atoms with E-state index in [0.29, 0.717) is 18.3 Å². The molecule has 0 unspecified atom stereocenters. The van der Waals surface area contributed by atoms with Crippen molar-refractivity contribution in [2.75, 3.05) is 5.43 Å². The van der Waals surface area contributed by atoms with Gasteiger partial charge >= 0.3 is 0 Å². The van der Waals surface area contributed by atoms with Gasteiger partial charge in [-0.05, 0) is 41.8 Å². The van der Waals surface area contributed by atoms with Crippen LogP contribution in [0.15, 0.2) is 40.9 Å². The summed E-state index contributed by atoms with van der Waals surface area (Å²) in [5.74, 6) is 7.26. The number of nitrogens with two attached hydrogens (primary N) is 1. The molecule has 3 N–H and O–H groups in total. The Kier molecular flexibility index (Phi) is 4.98. The first-order valence-electron chi connectivity index (χ1n) is 6.45. The smallest absolute Gasteiger partial charge is 0.140 e. The van der Waals surface area contributed by atoms with Gasteiger partial charge in [-0.25, -0.2) is 10.8 Å². The van der Waals surface area contributed by atoms with E-state index >= 15 is 0 Å². The molecule has 106 valence electrons. The summed E-state index contributed by atoms with van der Waals surface area (Å²) >= 11 is 3.49. The number of hydrogen-bond donors (Lipinski definition) is 2. The monoisotopic (exact) mass is 335 g/mol. The first kappa shape index (κ1) is 14.8. The van der Waals surface area contributed by atoms with Crippen molar-refractivity contribution in [2.45, 2.75) is 26.4 Å². The molecule has 0 aliphatic carbocycles. The van der Waals surface area contributed by atoms with Gasteiger partial charge in [0, 0.05) is 4.47 Å². The summed E-state index contributed by atoms with van der Waals surface area (Å²) in [6.45, 7) is 4.70. The number of aromatic nitrogens is 1. The lowest BCUT2D eigenvalue weighted by Crippen LogP contribution is -2.10. The Morgan fingerprint density at radius 1 is 1.30 bits per heavy atom. The molecule has 0 aliphatic rings. The van der Waals surface area contributed by atoms with Crippen molar-refractivity contribution >= 4 is 21.7 Å². The van der Waals surface area contributed by atoms with Crippen LogP contribution in [0, 0.1) is 0 Å². The van der Waals surface area contributed by atoms with Gasteiger partial charge in [0.1, 0.15) is 18.2 Å². The second-order valence-corrected chi connectivity index (χ2v) is 5.70. The fourth-order valence-corrected chi connectivity index (χ4v) is 2.27. The van der Waals surface area contributed by atoms with Crippen LogP contribution < -0.4 is 16.0 Å². The lowest BCUT2D eigenvalue weighted by molar-refractivity contribution is 0.297. The van der Waals surface area contributed by atoms with Gasteiger partial charge in [-0.1, -0.05) is 35.8 Å². The molecule has 4 nitrogen and oxygen atoms in total. The molecule has 0 amide bonds. The van der Waals surface area contributed by atoms with Crippen LogP contribution in [0.2, 0.25) is 0 Å². The summed E-state index contributed by atoms with van der Waals surface area (Å²) in [7, 11) is 0. The van der Waals surface area contributed by atoms with Gasteiger partial charge < -0.3 is 10.2 Å². The van der Waals surface area contributed by atoms with Crippen LogP contribution in [0.4, 0.5) is 5.82 Å². The average Bonchev–Trinajstić information content (AvgIpc) is 2.46. The van der Waals surface area contributed by atoms with Crippen molar-refractivity contribution in [3.05, 3.63) is 52.1 Å². The molecule has 2 rings (SSSR count). The van der Waals surface area contributed by atoms with E-state index in [-0.39, 0.29) is 0 Å². The molecule has 1 aromatic heterocycles. The van der Waals surface area contributed by atoms with Crippen LogP contribution in [0.1, 0.15) is 31.0 Å². The minimum atomic E-state index is 0.396. The molecule has 1 aromatic carbocycles. The minimum absolute atomic E-state index is 0.396. The Bertz CT molecular complexity index is 587. The molecule has 0 saturated carbocycles. The maximum absolute atomic E-state index is 5.89. The zero-order valence-corrected chi connectivity index (χ0v) is 13.1. The molecule has 5 heteroatoms. The number of hydrogen-bond acceptors (Lipinski definition) is 4. The van der Waals surface area contributed by atoms with Crippen molar-refractivity contribution in [3.63, 3.8) is 0 Å². The molecule has 2 aromatic rings. The van der Waals surface area contributed by atoms with Crippen molar-refractivity contribution in [3.8, 4) is 5.75 Å². The van der Waals surface area contributed by atoms with E-state index in [4.69, 9.17) is 10.6 Å². The van der Waals surface area contributed by atoms with E-state index in [0.717, 1.165) is 15.9 Å². The quantitative estimate of drug-likeness (QED) is 0.643. The molecule has 0 saturated heterocycles. The Labute approximate surface area is 127 Å². The molecular weight excluding hydrogens is 318 g/mol. The molecule has 0 aliphatic heterocycles. The van der Waals surface area contributed by atoms with Crippen LogP contribution in [0.25, 0.3) is 0 Å². The number of anilines is 1. The van der Waals surface area contributed by atoms with Crippen LogP contribution >= 0.6 is 15.9 Å². The second kappa shape index (κ2) is 6.72. The highest BCUT2D eigenvalue weighted by molar-refractivity contribution is 9.10. The minimum Gasteiger partial charge on any atom is -0.487 e. The predicted octanol–water partition coefficient (Wildman–Crippen LogP) is 3.83. The molecule has 0 spiro atoms. The van der Waals surface area contributed by atoms with E-state index < -0.39 is 0 Å². The molecule has 0 fully saturated rings. The number of rotatable bonds is 5. The van der Waals surface area contributed by atoms with Crippen LogP contribution in [-0.2, 0) is 6.61 Å². The molecular formula is C15H18BrN3O. The second-order valence-electron chi connectivity index (χ2n) is 4.78. The molecule has 0 atom stereocenters. The summed E-state index contributed by atoms with van der Waals surface area (Å²) in [5.41, 5.74) is 4.53. The molecule has 0 radical (unpaired) electrons. The Hall–Kier alpha value is -1.59. The average molecular weight is 336 g/mol. The van der Waals surface area contributed by atoms with Gasteiger partial charge in [-0.15, -0.1) is 0 Å². The third-order valence-corrected chi connectivity index (χ3v) is 3.42. The summed E-state index contributed by atoms with van der Waals surface area (Å²) in [5, 5.41) is 0. The van der Waals surface area contributed by atoms with Crippen LogP contribution in [0.5, 0.6) is 5.75 Å². The van der Waals surface area contributed by atoms with Gasteiger partial charge in [0.2, 0.25) is 0 Å². The lowest BCUT2D eigenvalue weighted by atomic mass is 10.0. The maximum Gasteiger partial charge on any atom is 0.140 e. The first-order chi connectivity index (χ1) is 9.60. The Balaban J connectivity index is 2.14. The zero-order chi connectivity index (χ0) is 14.5. The van der Waals surface area contributed by atoms with E-state index in [2.05, 4.69) is 46.3 Å². The van der Waals surface area contributed by atoms with E-state index in [1.54, 1.807) is 0 Å². The summed E-state index contributed by atoms with van der Waals surface area (Å²) < 4.78 is 6.94. The Morgan fingerprint density at radius 3 is 2.80 bits per heavy atom. The highest BCUT2D eigenvalue weighted by Crippen LogP contribution is 2.30. The largest absolute Gasteiger partial charge is 0.487 e. The van der Waals surface area contributed by atoms with Crippen LogP contribution in [-0.4, -0.2) is 4.98 Å². The van der Waals surface area contributed by atoms with Gasteiger partial charge in [-0.3, -0.25) is 0 Å². The van der Waals surface area contributed by atoms with Crippen molar-refractivity contribution in [1.29, 1.82) is 0 Å². The third kappa shape index (κ3) is 3.71. The number of nitrogen functional groups attached to an aromatic ring is 1. The van der Waals surface area contributed by atoms with Gasteiger partial charge in [0.05, 0.1) is 5.69 Å². The van der Waals surface area contributed by atoms with Gasteiger partial charge in [0.15, 0.2) is 0 Å². The standard InChI is InChI=1S/C15H18BrN3O/c1-10(2)13-8-11(16)6-7-14(13)20-9-12-4-3-5-15(18-12)19-17/h3-8,10H,9,17H2,1-2H3,(H,18,19).